The van der Waals surface area contributed by atoms with Crippen LogP contribution >= 0.6 is 24.0 Å². The number of rotatable bonds is 4. The fourth-order valence-electron chi connectivity index (χ4n) is 4.77. The van der Waals surface area contributed by atoms with Crippen molar-refractivity contribution in [3.8, 4) is 0 Å². The molecule has 2 aliphatic rings. The van der Waals surface area contributed by atoms with E-state index in [1.807, 2.05) is 26.5 Å². The van der Waals surface area contributed by atoms with Crippen molar-refractivity contribution in [1.82, 2.24) is 24.7 Å². The van der Waals surface area contributed by atoms with E-state index in [2.05, 4.69) is 60.0 Å². The highest BCUT2D eigenvalue weighted by atomic mass is 127. The quantitative estimate of drug-likeness (QED) is 0.392. The molecule has 2 atom stereocenters. The van der Waals surface area contributed by atoms with Crippen molar-refractivity contribution in [3.63, 3.8) is 0 Å². The van der Waals surface area contributed by atoms with Crippen molar-refractivity contribution in [2.24, 2.45) is 18.0 Å². The van der Waals surface area contributed by atoms with Crippen LogP contribution in [0.3, 0.4) is 0 Å². The smallest absolute Gasteiger partial charge is 0.194 e. The van der Waals surface area contributed by atoms with Gasteiger partial charge < -0.3 is 14.8 Å². The van der Waals surface area contributed by atoms with Crippen LogP contribution in [0, 0.1) is 5.92 Å². The number of aliphatic imine (C=N–C) groups is 1. The predicted octanol–water partition coefficient (Wildman–Crippen LogP) is 3.10. The van der Waals surface area contributed by atoms with Crippen LogP contribution in [0.1, 0.15) is 30.7 Å². The van der Waals surface area contributed by atoms with Gasteiger partial charge in [-0.1, -0.05) is 30.3 Å². The average Bonchev–Trinajstić information content (AvgIpc) is 3.14. The third-order valence-corrected chi connectivity index (χ3v) is 6.25. The number of halogens is 1. The van der Waals surface area contributed by atoms with Crippen LogP contribution in [0.25, 0.3) is 0 Å². The summed E-state index contributed by atoms with van der Waals surface area (Å²) in [6, 6.07) is 11.6. The van der Waals surface area contributed by atoms with Gasteiger partial charge in [0.15, 0.2) is 5.96 Å². The van der Waals surface area contributed by atoms with Gasteiger partial charge in [-0.25, -0.2) is 4.98 Å². The summed E-state index contributed by atoms with van der Waals surface area (Å²) in [5.74, 6) is 2.75. The maximum atomic E-state index is 4.55. The van der Waals surface area contributed by atoms with Crippen molar-refractivity contribution >= 4 is 29.9 Å². The highest BCUT2D eigenvalue weighted by molar-refractivity contribution is 14.0. The molecule has 4 rings (SSSR count). The van der Waals surface area contributed by atoms with Gasteiger partial charge in [-0.15, -0.1) is 24.0 Å². The van der Waals surface area contributed by atoms with Gasteiger partial charge in [0.25, 0.3) is 0 Å². The van der Waals surface area contributed by atoms with Crippen molar-refractivity contribution < 1.29 is 0 Å². The summed E-state index contributed by atoms with van der Waals surface area (Å²) in [4.78, 5) is 14.1. The Hall–Kier alpha value is -1.61. The molecule has 1 N–H and O–H groups in total. The van der Waals surface area contributed by atoms with E-state index in [4.69, 9.17) is 0 Å². The summed E-state index contributed by atoms with van der Waals surface area (Å²) in [6.45, 7) is 5.17. The molecule has 0 aliphatic carbocycles. The molecule has 7 heteroatoms. The second-order valence-corrected chi connectivity index (χ2v) is 8.02. The predicted molar refractivity (Wildman–Crippen MR) is 128 cm³/mol. The highest BCUT2D eigenvalue weighted by Crippen LogP contribution is 2.31. The molecule has 2 fully saturated rings. The zero-order valence-corrected chi connectivity index (χ0v) is 19.8. The van der Waals surface area contributed by atoms with Crippen molar-refractivity contribution in [2.75, 3.05) is 26.7 Å². The van der Waals surface area contributed by atoms with Crippen LogP contribution in [0.4, 0.5) is 0 Å². The Bertz CT molecular complexity index is 790. The SMILES string of the molecule is CN=C(NCc1nccn1C)N1CCC2C(CCCN2Cc2ccccc2)C1.I. The van der Waals surface area contributed by atoms with Crippen molar-refractivity contribution in [3.05, 3.63) is 54.1 Å². The van der Waals surface area contributed by atoms with Gasteiger partial charge in [0, 0.05) is 52.2 Å². The molecule has 0 radical (unpaired) electrons. The normalized spacial score (nSPS) is 22.7. The molecule has 6 nitrogen and oxygen atoms in total. The van der Waals surface area contributed by atoms with Crippen molar-refractivity contribution in [1.29, 1.82) is 0 Å². The Morgan fingerprint density at radius 3 is 2.76 bits per heavy atom. The third-order valence-electron chi connectivity index (χ3n) is 6.25. The van der Waals surface area contributed by atoms with Gasteiger partial charge in [0.1, 0.15) is 5.82 Å². The molecule has 1 aromatic carbocycles. The number of guanidine groups is 1. The molecule has 2 aliphatic heterocycles. The first-order valence-electron chi connectivity index (χ1n) is 10.4. The van der Waals surface area contributed by atoms with E-state index in [0.29, 0.717) is 12.6 Å². The number of nitrogens with one attached hydrogen (secondary N) is 1. The first-order chi connectivity index (χ1) is 13.7. The Morgan fingerprint density at radius 2 is 2.03 bits per heavy atom. The summed E-state index contributed by atoms with van der Waals surface area (Å²) in [5, 5.41) is 3.51. The monoisotopic (exact) mass is 508 g/mol. The second kappa shape index (κ2) is 10.4. The molecule has 2 saturated heterocycles. The first kappa shape index (κ1) is 22.1. The summed E-state index contributed by atoms with van der Waals surface area (Å²) in [6.07, 6.45) is 7.65. The van der Waals surface area contributed by atoms with Gasteiger partial charge in [-0.05, 0) is 37.3 Å². The summed E-state index contributed by atoms with van der Waals surface area (Å²) >= 11 is 0. The number of hydrogen-bond donors (Lipinski definition) is 1. The minimum atomic E-state index is 0. The van der Waals surface area contributed by atoms with Crippen LogP contribution in [-0.4, -0.2) is 58.0 Å². The zero-order valence-electron chi connectivity index (χ0n) is 17.5. The molecule has 0 bridgehead atoms. The Morgan fingerprint density at radius 1 is 1.21 bits per heavy atom. The Labute approximate surface area is 191 Å². The molecule has 2 aromatic rings. The summed E-state index contributed by atoms with van der Waals surface area (Å²) < 4.78 is 2.05. The lowest BCUT2D eigenvalue weighted by atomic mass is 9.83. The van der Waals surface area contributed by atoms with Crippen LogP contribution in [-0.2, 0) is 20.1 Å². The molecule has 3 heterocycles. The van der Waals surface area contributed by atoms with Crippen LogP contribution in [0.5, 0.6) is 0 Å². The fraction of sp³-hybridized carbons (Fsp3) is 0.545. The lowest BCUT2D eigenvalue weighted by Crippen LogP contribution is -2.56. The Balaban J connectivity index is 0.00000240. The van der Waals surface area contributed by atoms with Crippen molar-refractivity contribution in [2.45, 2.75) is 38.4 Å². The van der Waals surface area contributed by atoms with Gasteiger partial charge >= 0.3 is 0 Å². The number of aromatic nitrogens is 2. The van der Waals surface area contributed by atoms with E-state index in [1.165, 1.54) is 31.4 Å². The Kier molecular flexibility index (Phi) is 7.94. The first-order valence-corrected chi connectivity index (χ1v) is 10.4. The van der Waals surface area contributed by atoms with Crippen LogP contribution < -0.4 is 5.32 Å². The number of imidazole rings is 1. The van der Waals surface area contributed by atoms with Gasteiger partial charge in [0.2, 0.25) is 0 Å². The average molecular weight is 508 g/mol. The largest absolute Gasteiger partial charge is 0.349 e. The zero-order chi connectivity index (χ0) is 19.3. The molecule has 1 aromatic heterocycles. The van der Waals surface area contributed by atoms with E-state index in [0.717, 1.165) is 37.3 Å². The molecular formula is C22H33IN6. The van der Waals surface area contributed by atoms with E-state index < -0.39 is 0 Å². The summed E-state index contributed by atoms with van der Waals surface area (Å²) in [5.41, 5.74) is 1.43. The number of fused-ring (bicyclic) bond motifs is 1. The number of aryl methyl sites for hydroxylation is 1. The third kappa shape index (κ3) is 5.31. The molecular weight excluding hydrogens is 475 g/mol. The van der Waals surface area contributed by atoms with E-state index in [1.54, 1.807) is 0 Å². The van der Waals surface area contributed by atoms with Crippen LogP contribution in [0.2, 0.25) is 0 Å². The second-order valence-electron chi connectivity index (χ2n) is 8.02. The van der Waals surface area contributed by atoms with E-state index >= 15 is 0 Å². The summed E-state index contributed by atoms with van der Waals surface area (Å²) in [7, 11) is 3.91. The van der Waals surface area contributed by atoms with Gasteiger partial charge in [0.05, 0.1) is 6.54 Å². The number of nitrogens with zero attached hydrogens (tertiary/aromatic N) is 5. The molecule has 0 saturated carbocycles. The topological polar surface area (TPSA) is 48.7 Å². The number of likely N-dealkylation sites (tertiary alicyclic amines) is 2. The highest BCUT2D eigenvalue weighted by Gasteiger charge is 2.36. The number of hydrogen-bond acceptors (Lipinski definition) is 3. The van der Waals surface area contributed by atoms with Gasteiger partial charge in [-0.2, -0.15) is 0 Å². The lowest BCUT2D eigenvalue weighted by molar-refractivity contribution is 0.0372. The van der Waals surface area contributed by atoms with Gasteiger partial charge in [-0.3, -0.25) is 9.89 Å². The lowest BCUT2D eigenvalue weighted by Gasteiger charge is -2.48. The minimum Gasteiger partial charge on any atom is -0.349 e. The standard InChI is InChI=1S/C22H32N6.HI/c1-23-22(25-15-21-24-11-14-26(21)2)28-13-10-20-19(17-28)9-6-12-27(20)16-18-7-4-3-5-8-18;/h3-5,7-8,11,14,19-20H,6,9-10,12-13,15-17H2,1-2H3,(H,23,25);1H. The minimum absolute atomic E-state index is 0. The number of benzene rings is 1. The molecule has 2 unspecified atom stereocenters. The maximum Gasteiger partial charge on any atom is 0.194 e. The molecule has 0 amide bonds. The maximum absolute atomic E-state index is 4.55. The molecule has 29 heavy (non-hydrogen) atoms. The van der Waals surface area contributed by atoms with E-state index in [9.17, 15) is 0 Å². The fourth-order valence-corrected chi connectivity index (χ4v) is 4.77. The number of piperidine rings is 2. The van der Waals surface area contributed by atoms with E-state index in [-0.39, 0.29) is 24.0 Å². The van der Waals surface area contributed by atoms with Crippen LogP contribution in [0.15, 0.2) is 47.7 Å². The molecule has 0 spiro atoms. The molecule has 158 valence electrons.